The van der Waals surface area contributed by atoms with Gasteiger partial charge >= 0.3 is 24.1 Å². The number of aliphatic hydroxyl groups excluding tert-OH is 3. The number of carboxylic acids is 1. The number of esters is 2. The van der Waals surface area contributed by atoms with Crippen molar-refractivity contribution in [1.82, 2.24) is 24.5 Å². The van der Waals surface area contributed by atoms with Crippen LogP contribution in [-0.2, 0) is 59.4 Å². The third kappa shape index (κ3) is 14.0. The first kappa shape index (κ1) is 50.7. The zero-order valence-corrected chi connectivity index (χ0v) is 36.3. The molecule has 63 heavy (non-hydrogen) atoms. The molecule has 2 aromatic heterocycles. The van der Waals surface area contributed by atoms with Crippen molar-refractivity contribution in [3.8, 4) is 5.75 Å². The predicted octanol–water partition coefficient (Wildman–Crippen LogP) is 4.64. The summed E-state index contributed by atoms with van der Waals surface area (Å²) in [6.07, 6.45) is -9.82. The van der Waals surface area contributed by atoms with Crippen molar-refractivity contribution >= 4 is 58.4 Å². The number of para-hydroxylation sites is 2. The van der Waals surface area contributed by atoms with Crippen LogP contribution in [0.25, 0.3) is 11.0 Å². The number of alkyl halides is 3. The molecule has 0 aliphatic carbocycles. The fourth-order valence-electron chi connectivity index (χ4n) is 6.38. The normalized spacial score (nSPS) is 19.5. The van der Waals surface area contributed by atoms with E-state index in [0.717, 1.165) is 11.0 Å². The molecular formula is C40H48Cl2F3N5O13. The van der Waals surface area contributed by atoms with E-state index in [9.17, 15) is 48.0 Å². The molecule has 1 fully saturated rings. The molecule has 4 aromatic rings. The SMILES string of the molecule is CO[C@H]1O[C@H](CO)[C@@H](O)[C@H](O)[C@H]1OC(=O)c1cc(Cl)c(OCc2nc3ccccc3n2CCCc2cn(CC[C@H](CC(=O)OC(C)(C)C)C(=O)O)nn2)c(Cl)c1C.O=CC(F)(F)F. The van der Waals surface area contributed by atoms with Crippen molar-refractivity contribution in [1.29, 1.82) is 0 Å². The molecule has 0 bridgehead atoms. The molecule has 2 aromatic carbocycles. The molecule has 1 saturated heterocycles. The Morgan fingerprint density at radius 1 is 1.08 bits per heavy atom. The maximum Gasteiger partial charge on any atom is 0.446 e. The number of benzene rings is 2. The minimum absolute atomic E-state index is 0.00641. The van der Waals surface area contributed by atoms with Crippen molar-refractivity contribution in [2.24, 2.45) is 5.92 Å². The number of ether oxygens (including phenoxy) is 5. The average Bonchev–Trinajstić information content (AvgIpc) is 3.82. The first-order valence-corrected chi connectivity index (χ1v) is 20.1. The number of hydrogen-bond donors (Lipinski definition) is 4. The van der Waals surface area contributed by atoms with Crippen LogP contribution in [0.2, 0.25) is 10.0 Å². The van der Waals surface area contributed by atoms with E-state index in [2.05, 4.69) is 10.3 Å². The lowest BCUT2D eigenvalue weighted by Gasteiger charge is -2.40. The highest BCUT2D eigenvalue weighted by atomic mass is 35.5. The predicted molar refractivity (Wildman–Crippen MR) is 216 cm³/mol. The molecule has 0 amide bonds. The number of aliphatic hydroxyl groups is 3. The minimum atomic E-state index is -4.64. The number of halogens is 5. The number of aliphatic carboxylic acids is 1. The van der Waals surface area contributed by atoms with Crippen LogP contribution in [0.5, 0.6) is 5.75 Å². The van der Waals surface area contributed by atoms with Gasteiger partial charge in [0.2, 0.25) is 6.29 Å². The zero-order valence-electron chi connectivity index (χ0n) is 34.8. The lowest BCUT2D eigenvalue weighted by Crippen LogP contribution is -2.60. The van der Waals surface area contributed by atoms with E-state index < -0.39 is 79.2 Å². The summed E-state index contributed by atoms with van der Waals surface area (Å²) in [5, 5.41) is 48.5. The third-order valence-corrected chi connectivity index (χ3v) is 10.2. The van der Waals surface area contributed by atoms with Gasteiger partial charge in [0.25, 0.3) is 0 Å². The van der Waals surface area contributed by atoms with E-state index in [4.69, 9.17) is 56.7 Å². The zero-order chi connectivity index (χ0) is 46.8. The number of hydrogen-bond acceptors (Lipinski definition) is 15. The Bertz CT molecular complexity index is 2210. The standard InChI is InChI=1S/C38H47Cl2N5O12.C2HF3O/c1-20-23(36(52)56-34-32(49)31(48)27(18-46)55-37(34)53-5)16-24(39)33(30(20)40)54-19-28-41-25-10-6-7-11-26(25)45(28)13-8-9-22-17-44(43-42-22)14-12-21(35(50)51)15-29(47)57-38(2,3)4;3-2(4,5)1-6/h6-7,10-11,16-17,21,27,31-32,34,37,46,48-49H,8-9,12-15,18-19H2,1-5H3,(H,50,51);1H/t21-,27-,31-,32+,34-,37+;/m1./s1. The van der Waals surface area contributed by atoms with Gasteiger partial charge in [-0.2, -0.15) is 13.2 Å². The topological polar surface area (TPSA) is 244 Å². The first-order valence-electron chi connectivity index (χ1n) is 19.4. The maximum absolute atomic E-state index is 13.3. The van der Waals surface area contributed by atoms with E-state index in [1.807, 2.05) is 28.8 Å². The second-order valence-electron chi connectivity index (χ2n) is 15.3. The number of carbonyl (C=O) groups excluding carboxylic acids is 3. The van der Waals surface area contributed by atoms with Gasteiger partial charge in [0.1, 0.15) is 36.3 Å². The van der Waals surface area contributed by atoms with Gasteiger partial charge in [0.05, 0.1) is 51.3 Å². The molecule has 0 unspecified atom stereocenters. The summed E-state index contributed by atoms with van der Waals surface area (Å²) in [6, 6.07) is 8.92. The lowest BCUT2D eigenvalue weighted by molar-refractivity contribution is -0.293. The Labute approximate surface area is 368 Å². The van der Waals surface area contributed by atoms with Crippen LogP contribution in [0.3, 0.4) is 0 Å². The third-order valence-electron chi connectivity index (χ3n) is 9.44. The lowest BCUT2D eigenvalue weighted by atomic mass is 9.99. The first-order chi connectivity index (χ1) is 29.6. The van der Waals surface area contributed by atoms with Crippen LogP contribution in [0.1, 0.15) is 67.5 Å². The number of carboxylic acid groups (broad SMARTS) is 1. The number of aryl methyl sites for hydroxylation is 3. The van der Waals surface area contributed by atoms with E-state index >= 15 is 0 Å². The summed E-state index contributed by atoms with van der Waals surface area (Å²) < 4.78 is 62.3. The average molecular weight is 935 g/mol. The number of carbonyl (C=O) groups is 4. The molecular weight excluding hydrogens is 886 g/mol. The highest BCUT2D eigenvalue weighted by Gasteiger charge is 2.47. The summed E-state index contributed by atoms with van der Waals surface area (Å²) in [4.78, 5) is 50.8. The molecule has 5 rings (SSSR count). The van der Waals surface area contributed by atoms with Gasteiger partial charge in [-0.15, -0.1) is 5.10 Å². The van der Waals surface area contributed by atoms with E-state index in [1.165, 1.54) is 13.2 Å². The van der Waals surface area contributed by atoms with Crippen molar-refractivity contribution < 1.29 is 76.5 Å². The van der Waals surface area contributed by atoms with Gasteiger partial charge in [-0.1, -0.05) is 40.5 Å². The van der Waals surface area contributed by atoms with Gasteiger partial charge in [0, 0.05) is 26.4 Å². The molecule has 0 radical (unpaired) electrons. The highest BCUT2D eigenvalue weighted by molar-refractivity contribution is 6.38. The van der Waals surface area contributed by atoms with Crippen molar-refractivity contribution in [2.45, 2.75) is 116 Å². The second kappa shape index (κ2) is 22.1. The number of aldehydes is 1. The largest absolute Gasteiger partial charge is 0.483 e. The summed E-state index contributed by atoms with van der Waals surface area (Å²) in [6.45, 7) is 6.91. The van der Waals surface area contributed by atoms with E-state index in [-0.39, 0.29) is 52.9 Å². The van der Waals surface area contributed by atoms with Gasteiger partial charge < -0.3 is 48.7 Å². The Morgan fingerprint density at radius 3 is 2.38 bits per heavy atom. The number of imidazole rings is 1. The molecule has 3 heterocycles. The fourth-order valence-corrected chi connectivity index (χ4v) is 6.95. The number of methoxy groups -OCH3 is 1. The van der Waals surface area contributed by atoms with Gasteiger partial charge in [-0.25, -0.2) is 9.78 Å². The number of nitrogens with zero attached hydrogens (tertiary/aromatic N) is 5. The van der Waals surface area contributed by atoms with E-state index in [1.54, 1.807) is 38.6 Å². The molecule has 0 saturated carbocycles. The minimum Gasteiger partial charge on any atom is -0.483 e. The van der Waals surface area contributed by atoms with Crippen molar-refractivity contribution in [2.75, 3.05) is 13.7 Å². The van der Waals surface area contributed by atoms with Gasteiger partial charge in [0.15, 0.2) is 18.1 Å². The fraction of sp³-hybridized carbons (Fsp3) is 0.525. The number of fused-ring (bicyclic) bond motifs is 1. The quantitative estimate of drug-likeness (QED) is 0.0833. The molecule has 23 heteroatoms. The summed E-state index contributed by atoms with van der Waals surface area (Å²) in [7, 11) is 1.26. The molecule has 1 aliphatic rings. The van der Waals surface area contributed by atoms with Gasteiger partial charge in [-0.3, -0.25) is 19.1 Å². The highest BCUT2D eigenvalue weighted by Crippen LogP contribution is 2.39. The summed E-state index contributed by atoms with van der Waals surface area (Å²) >= 11 is 13.3. The molecule has 1 aliphatic heterocycles. The van der Waals surface area contributed by atoms with Crippen LogP contribution in [0.4, 0.5) is 13.2 Å². The smallest absolute Gasteiger partial charge is 0.446 e. The van der Waals surface area contributed by atoms with Crippen molar-refractivity contribution in [3.05, 3.63) is 69.2 Å². The molecule has 0 spiro atoms. The Hall–Kier alpha value is -4.90. The van der Waals surface area contributed by atoms with Crippen LogP contribution in [0.15, 0.2) is 36.5 Å². The van der Waals surface area contributed by atoms with Crippen LogP contribution in [0, 0.1) is 12.8 Å². The van der Waals surface area contributed by atoms with Gasteiger partial charge in [-0.05, 0) is 70.7 Å². The van der Waals surface area contributed by atoms with Crippen LogP contribution in [-0.4, -0.2) is 125 Å². The maximum atomic E-state index is 13.3. The van der Waals surface area contributed by atoms with Crippen molar-refractivity contribution in [3.63, 3.8) is 0 Å². The summed E-state index contributed by atoms with van der Waals surface area (Å²) in [5.41, 5.74) is 1.86. The Morgan fingerprint density at radius 2 is 1.76 bits per heavy atom. The monoisotopic (exact) mass is 933 g/mol. The molecule has 6 atom stereocenters. The van der Waals surface area contributed by atoms with E-state index in [0.29, 0.717) is 30.9 Å². The Kier molecular flexibility index (Phi) is 17.8. The van der Waals surface area contributed by atoms with Crippen LogP contribution < -0.4 is 4.74 Å². The Balaban J connectivity index is 0.00000135. The molecule has 346 valence electrons. The summed E-state index contributed by atoms with van der Waals surface area (Å²) in [5.74, 6) is -2.82. The second-order valence-corrected chi connectivity index (χ2v) is 16.1. The molecule has 18 nitrogen and oxygen atoms in total. The van der Waals surface area contributed by atoms with Crippen LogP contribution >= 0.6 is 23.2 Å². The number of rotatable bonds is 17. The molecule has 4 N–H and O–H groups in total. The number of aromatic nitrogens is 5.